The lowest BCUT2D eigenvalue weighted by Gasteiger charge is -2.47. The molecule has 2 heterocycles. The van der Waals surface area contributed by atoms with Gasteiger partial charge in [0, 0.05) is 10.7 Å². The molecule has 1 amide bonds. The number of rotatable bonds is 4. The number of carboxylic acids is 1. The molecule has 0 atom stereocenters. The van der Waals surface area contributed by atoms with Crippen LogP contribution in [0.15, 0.2) is 22.8 Å². The molecule has 1 aromatic rings. The number of nitrogens with zero attached hydrogens (tertiary/aromatic N) is 2. The van der Waals surface area contributed by atoms with Crippen LogP contribution in [0.25, 0.3) is 0 Å². The number of amides is 1. The van der Waals surface area contributed by atoms with Crippen molar-refractivity contribution in [2.45, 2.75) is 12.5 Å². The molecule has 1 N–H and O–H groups in total. The average molecular weight is 329 g/mol. The number of carboxylic acid groups (broad SMARTS) is 1. The minimum atomic E-state index is -1.02. The van der Waals surface area contributed by atoms with Gasteiger partial charge in [-0.3, -0.25) is 4.79 Å². The molecule has 1 aliphatic heterocycles. The van der Waals surface area contributed by atoms with Gasteiger partial charge in [0.05, 0.1) is 13.1 Å². The number of aromatic nitrogens is 1. The maximum Gasteiger partial charge on any atom is 0.329 e. The fraction of sp³-hybridized carbons (Fsp3) is 0.417. The lowest BCUT2D eigenvalue weighted by molar-refractivity contribution is -0.159. The van der Waals surface area contributed by atoms with E-state index in [-0.39, 0.29) is 12.5 Å². The second-order valence-electron chi connectivity index (χ2n) is 4.63. The van der Waals surface area contributed by atoms with E-state index in [1.54, 1.807) is 30.2 Å². The summed E-state index contributed by atoms with van der Waals surface area (Å²) in [6.07, 6.45) is 1.55. The zero-order valence-electron chi connectivity index (χ0n) is 10.3. The summed E-state index contributed by atoms with van der Waals surface area (Å²) in [6, 6.07) is 3.48. The Balaban J connectivity index is 1.95. The highest BCUT2D eigenvalue weighted by molar-refractivity contribution is 9.10. The predicted octanol–water partition coefficient (Wildman–Crippen LogP) is 1.16. The maximum absolute atomic E-state index is 12.1. The van der Waals surface area contributed by atoms with Crippen molar-refractivity contribution in [3.63, 3.8) is 0 Å². The van der Waals surface area contributed by atoms with E-state index in [1.807, 2.05) is 0 Å². The summed E-state index contributed by atoms with van der Waals surface area (Å²) in [5.41, 5.74) is -0.238. The van der Waals surface area contributed by atoms with E-state index in [0.29, 0.717) is 23.3 Å². The van der Waals surface area contributed by atoms with Crippen LogP contribution in [0.3, 0.4) is 0 Å². The van der Waals surface area contributed by atoms with Gasteiger partial charge < -0.3 is 14.7 Å². The third-order valence-electron chi connectivity index (χ3n) is 2.84. The summed E-state index contributed by atoms with van der Waals surface area (Å²) in [5, 5.41) is 8.56. The number of hydrogen-bond acceptors (Lipinski definition) is 4. The third-order valence-corrected chi connectivity index (χ3v) is 3.48. The van der Waals surface area contributed by atoms with Gasteiger partial charge in [-0.15, -0.1) is 0 Å². The Labute approximate surface area is 118 Å². The maximum atomic E-state index is 12.1. The van der Waals surface area contributed by atoms with E-state index < -0.39 is 11.6 Å². The molecule has 1 aliphatic rings. The first-order valence-electron chi connectivity index (χ1n) is 5.67. The van der Waals surface area contributed by atoms with Crippen LogP contribution in [0.4, 0.5) is 0 Å². The number of carbonyl (C=O) groups is 2. The van der Waals surface area contributed by atoms with Crippen LogP contribution in [0.5, 0.6) is 0 Å². The van der Waals surface area contributed by atoms with Crippen molar-refractivity contribution in [3.8, 4) is 0 Å². The molecule has 6 nitrogen and oxygen atoms in total. The molecule has 0 radical (unpaired) electrons. The number of ether oxygens (including phenoxy) is 1. The first-order chi connectivity index (χ1) is 8.91. The first-order valence-corrected chi connectivity index (χ1v) is 6.46. The minimum Gasteiger partial charge on any atom is -0.480 e. The molecule has 0 saturated carbocycles. The molecule has 0 bridgehead atoms. The molecule has 102 valence electrons. The molecule has 1 aromatic heterocycles. The molecular weight excluding hydrogens is 316 g/mol. The van der Waals surface area contributed by atoms with Crippen molar-refractivity contribution >= 4 is 27.8 Å². The number of carbonyl (C=O) groups excluding carboxylic acids is 1. The molecule has 7 heteroatoms. The van der Waals surface area contributed by atoms with Crippen LogP contribution in [-0.2, 0) is 9.53 Å². The van der Waals surface area contributed by atoms with Crippen molar-refractivity contribution in [1.29, 1.82) is 0 Å². The normalized spacial score (nSPS) is 16.8. The van der Waals surface area contributed by atoms with Gasteiger partial charge in [0.2, 0.25) is 0 Å². The summed E-state index contributed by atoms with van der Waals surface area (Å²) in [4.78, 5) is 28.2. The summed E-state index contributed by atoms with van der Waals surface area (Å²) in [7, 11) is 0. The molecule has 0 spiro atoms. The van der Waals surface area contributed by atoms with Gasteiger partial charge >= 0.3 is 5.97 Å². The predicted molar refractivity (Wildman–Crippen MR) is 69.8 cm³/mol. The highest BCUT2D eigenvalue weighted by Gasteiger charge is 2.43. The second kappa shape index (κ2) is 5.26. The van der Waals surface area contributed by atoms with E-state index in [1.165, 1.54) is 0 Å². The second-order valence-corrected chi connectivity index (χ2v) is 5.48. The Bertz CT molecular complexity index is 514. The Morgan fingerprint density at radius 3 is 2.84 bits per heavy atom. The smallest absolute Gasteiger partial charge is 0.329 e. The van der Waals surface area contributed by atoms with Crippen molar-refractivity contribution < 1.29 is 19.4 Å². The van der Waals surface area contributed by atoms with Crippen LogP contribution in [0.2, 0.25) is 0 Å². The van der Waals surface area contributed by atoms with Gasteiger partial charge in [-0.2, -0.15) is 0 Å². The highest BCUT2D eigenvalue weighted by atomic mass is 79.9. The number of pyridine rings is 1. The van der Waals surface area contributed by atoms with E-state index in [4.69, 9.17) is 9.84 Å². The lowest BCUT2D eigenvalue weighted by atomic mass is 9.96. The fourth-order valence-corrected chi connectivity index (χ4v) is 2.35. The van der Waals surface area contributed by atoms with E-state index in [9.17, 15) is 9.59 Å². The lowest BCUT2D eigenvalue weighted by Crippen LogP contribution is -2.63. The van der Waals surface area contributed by atoms with Gasteiger partial charge in [-0.25, -0.2) is 9.78 Å². The molecule has 0 unspecified atom stereocenters. The number of hydrogen-bond donors (Lipinski definition) is 1. The van der Waals surface area contributed by atoms with Gasteiger partial charge in [0.1, 0.15) is 17.9 Å². The Hall–Kier alpha value is -1.47. The molecule has 0 aromatic carbocycles. The zero-order chi connectivity index (χ0) is 14.0. The molecule has 19 heavy (non-hydrogen) atoms. The topological polar surface area (TPSA) is 79.7 Å². The highest BCUT2D eigenvalue weighted by Crippen LogP contribution is 2.27. The molecular formula is C12H13BrN2O4. The Morgan fingerprint density at radius 1 is 1.58 bits per heavy atom. The van der Waals surface area contributed by atoms with Crippen LogP contribution in [0.1, 0.15) is 17.4 Å². The molecule has 1 saturated heterocycles. The average Bonchev–Trinajstić information content (AvgIpc) is 2.33. The monoisotopic (exact) mass is 328 g/mol. The molecule has 2 rings (SSSR count). The summed E-state index contributed by atoms with van der Waals surface area (Å²) in [6.45, 7) is 2.16. The van der Waals surface area contributed by atoms with Gasteiger partial charge in [-0.05, 0) is 35.0 Å². The Morgan fingerprint density at radius 2 is 2.26 bits per heavy atom. The third kappa shape index (κ3) is 3.10. The van der Waals surface area contributed by atoms with Crippen molar-refractivity contribution in [2.24, 2.45) is 0 Å². The Kier molecular flexibility index (Phi) is 3.86. The number of likely N-dealkylation sites (tertiary alicyclic amines) is 1. The first kappa shape index (κ1) is 14.0. The largest absolute Gasteiger partial charge is 0.480 e. The summed E-state index contributed by atoms with van der Waals surface area (Å²) >= 11 is 3.28. The minimum absolute atomic E-state index is 0.191. The standard InChI is InChI=1S/C12H13BrN2O4/c1-12(19-5-9(16)17)6-15(7-12)11(18)10-8(13)3-2-4-14-10/h2-4H,5-7H2,1H3,(H,16,17). The molecule has 1 fully saturated rings. The van der Waals surface area contributed by atoms with Crippen molar-refractivity contribution in [3.05, 3.63) is 28.5 Å². The van der Waals surface area contributed by atoms with E-state index >= 15 is 0 Å². The van der Waals surface area contributed by atoms with Gasteiger partial charge in [0.15, 0.2) is 0 Å². The quantitative estimate of drug-likeness (QED) is 0.897. The molecule has 0 aliphatic carbocycles. The van der Waals surface area contributed by atoms with Crippen LogP contribution in [0, 0.1) is 0 Å². The summed E-state index contributed by atoms with van der Waals surface area (Å²) in [5.74, 6) is -1.21. The van der Waals surface area contributed by atoms with Gasteiger partial charge in [-0.1, -0.05) is 0 Å². The van der Waals surface area contributed by atoms with Crippen LogP contribution < -0.4 is 0 Å². The van der Waals surface area contributed by atoms with Crippen LogP contribution >= 0.6 is 15.9 Å². The zero-order valence-corrected chi connectivity index (χ0v) is 11.9. The van der Waals surface area contributed by atoms with Crippen molar-refractivity contribution in [2.75, 3.05) is 19.7 Å². The number of aliphatic carboxylic acids is 1. The van der Waals surface area contributed by atoms with E-state index in [2.05, 4.69) is 20.9 Å². The van der Waals surface area contributed by atoms with Crippen LogP contribution in [-0.4, -0.2) is 52.2 Å². The number of halogens is 1. The summed E-state index contributed by atoms with van der Waals surface area (Å²) < 4.78 is 5.89. The van der Waals surface area contributed by atoms with Crippen molar-refractivity contribution in [1.82, 2.24) is 9.88 Å². The SMILES string of the molecule is CC1(OCC(=O)O)CN(C(=O)c2ncccc2Br)C1. The van der Waals surface area contributed by atoms with E-state index in [0.717, 1.165) is 0 Å². The van der Waals surface area contributed by atoms with Gasteiger partial charge in [0.25, 0.3) is 5.91 Å². The fourth-order valence-electron chi connectivity index (χ4n) is 1.92.